The van der Waals surface area contributed by atoms with Crippen LogP contribution in [-0.4, -0.2) is 26.9 Å². The molecule has 96 valence electrons. The minimum Gasteiger partial charge on any atom is -0.399 e. The van der Waals surface area contributed by atoms with Gasteiger partial charge in [-0.15, -0.1) is 12.4 Å². The fourth-order valence-corrected chi connectivity index (χ4v) is 3.29. The van der Waals surface area contributed by atoms with Crippen molar-refractivity contribution in [1.82, 2.24) is 0 Å². The van der Waals surface area contributed by atoms with E-state index in [-0.39, 0.29) is 24.3 Å². The number of ether oxygens (including phenoxy) is 1. The maximum absolute atomic E-state index is 12.0. The van der Waals surface area contributed by atoms with Gasteiger partial charge in [-0.3, -0.25) is 0 Å². The molecule has 1 aliphatic rings. The van der Waals surface area contributed by atoms with Gasteiger partial charge in [0.2, 0.25) is 0 Å². The first-order valence-corrected chi connectivity index (χ1v) is 6.93. The quantitative estimate of drug-likeness (QED) is 0.853. The first-order valence-electron chi connectivity index (χ1n) is 5.28. The molecule has 0 saturated carbocycles. The first-order chi connectivity index (χ1) is 7.58. The summed E-state index contributed by atoms with van der Waals surface area (Å²) in [6, 6.07) is 6.28. The molecule has 0 amide bonds. The predicted octanol–water partition coefficient (Wildman–Crippen LogP) is 1.64. The molecule has 6 heteroatoms. The highest BCUT2D eigenvalue weighted by molar-refractivity contribution is 7.91. The topological polar surface area (TPSA) is 69.4 Å². The van der Waals surface area contributed by atoms with E-state index in [2.05, 4.69) is 0 Å². The molecule has 0 radical (unpaired) electrons. The molecular formula is C11H16ClNO3S. The molecule has 1 atom stereocenters. The van der Waals surface area contributed by atoms with Gasteiger partial charge in [-0.05, 0) is 37.1 Å². The highest BCUT2D eigenvalue weighted by Gasteiger charge is 2.24. The molecule has 1 heterocycles. The van der Waals surface area contributed by atoms with E-state index in [1.54, 1.807) is 24.3 Å². The SMILES string of the molecule is Cl.Nc1ccc(S(=O)(=O)CC2CCCO2)cc1. The monoisotopic (exact) mass is 277 g/mol. The maximum Gasteiger partial charge on any atom is 0.180 e. The number of benzene rings is 1. The number of hydrogen-bond acceptors (Lipinski definition) is 4. The second-order valence-corrected chi connectivity index (χ2v) is 6.02. The minimum absolute atomic E-state index is 0. The summed E-state index contributed by atoms with van der Waals surface area (Å²) in [6.45, 7) is 0.669. The van der Waals surface area contributed by atoms with Gasteiger partial charge in [-0.25, -0.2) is 8.42 Å². The van der Waals surface area contributed by atoms with Crippen LogP contribution in [0.1, 0.15) is 12.8 Å². The number of hydrogen-bond donors (Lipinski definition) is 1. The minimum atomic E-state index is -3.24. The van der Waals surface area contributed by atoms with Crippen LogP contribution >= 0.6 is 12.4 Å². The average molecular weight is 278 g/mol. The Kier molecular flexibility index (Phi) is 4.80. The Morgan fingerprint density at radius 3 is 2.47 bits per heavy atom. The molecule has 4 nitrogen and oxygen atoms in total. The van der Waals surface area contributed by atoms with Crippen molar-refractivity contribution >= 4 is 27.9 Å². The van der Waals surface area contributed by atoms with Gasteiger partial charge in [-0.2, -0.15) is 0 Å². The molecule has 2 rings (SSSR count). The molecule has 1 unspecified atom stereocenters. The van der Waals surface area contributed by atoms with E-state index in [1.807, 2.05) is 0 Å². The van der Waals surface area contributed by atoms with Crippen LogP contribution in [0.3, 0.4) is 0 Å². The Morgan fingerprint density at radius 1 is 1.29 bits per heavy atom. The molecule has 1 aromatic rings. The number of rotatable bonds is 3. The molecule has 1 aromatic carbocycles. The number of anilines is 1. The molecule has 0 bridgehead atoms. The summed E-state index contributed by atoms with van der Waals surface area (Å²) >= 11 is 0. The smallest absolute Gasteiger partial charge is 0.180 e. The number of nitrogens with two attached hydrogens (primary N) is 1. The standard InChI is InChI=1S/C11H15NO3S.ClH/c12-9-3-5-11(6-4-9)16(13,14)8-10-2-1-7-15-10;/h3-6,10H,1-2,7-8,12H2;1H. The van der Waals surface area contributed by atoms with Crippen molar-refractivity contribution in [1.29, 1.82) is 0 Å². The molecule has 1 fully saturated rings. The molecular weight excluding hydrogens is 262 g/mol. The Labute approximate surface area is 107 Å². The van der Waals surface area contributed by atoms with Crippen molar-refractivity contribution in [3.8, 4) is 0 Å². The van der Waals surface area contributed by atoms with Gasteiger partial charge in [0, 0.05) is 12.3 Å². The van der Waals surface area contributed by atoms with Gasteiger partial charge >= 0.3 is 0 Å². The number of halogens is 1. The predicted molar refractivity (Wildman–Crippen MR) is 69.1 cm³/mol. The van der Waals surface area contributed by atoms with Crippen LogP contribution in [0, 0.1) is 0 Å². The third-order valence-corrected chi connectivity index (χ3v) is 4.47. The van der Waals surface area contributed by atoms with E-state index < -0.39 is 9.84 Å². The van der Waals surface area contributed by atoms with Crippen molar-refractivity contribution in [2.24, 2.45) is 0 Å². The summed E-state index contributed by atoms with van der Waals surface area (Å²) in [5.74, 6) is 0.0664. The zero-order chi connectivity index (χ0) is 11.6. The molecule has 0 spiro atoms. The molecule has 0 aromatic heterocycles. The largest absolute Gasteiger partial charge is 0.399 e. The first kappa shape index (κ1) is 14.3. The van der Waals surface area contributed by atoms with Gasteiger partial charge in [0.05, 0.1) is 16.8 Å². The third kappa shape index (κ3) is 3.59. The van der Waals surface area contributed by atoms with Crippen molar-refractivity contribution in [2.75, 3.05) is 18.1 Å². The van der Waals surface area contributed by atoms with E-state index in [0.717, 1.165) is 12.8 Å². The Bertz CT molecular complexity index is 452. The molecule has 17 heavy (non-hydrogen) atoms. The zero-order valence-electron chi connectivity index (χ0n) is 9.33. The highest BCUT2D eigenvalue weighted by Crippen LogP contribution is 2.19. The summed E-state index contributed by atoms with van der Waals surface area (Å²) in [5.41, 5.74) is 6.08. The average Bonchev–Trinajstić information content (AvgIpc) is 2.70. The van der Waals surface area contributed by atoms with E-state index in [4.69, 9.17) is 10.5 Å². The van der Waals surface area contributed by atoms with Gasteiger partial charge in [0.1, 0.15) is 0 Å². The molecule has 2 N–H and O–H groups in total. The fourth-order valence-electron chi connectivity index (χ4n) is 1.79. The normalized spacial score (nSPS) is 19.9. The Hall–Kier alpha value is -0.780. The summed E-state index contributed by atoms with van der Waals surface area (Å²) in [4.78, 5) is 0.317. The summed E-state index contributed by atoms with van der Waals surface area (Å²) in [5, 5.41) is 0. The summed E-state index contributed by atoms with van der Waals surface area (Å²) in [7, 11) is -3.24. The van der Waals surface area contributed by atoms with Crippen LogP contribution in [0.25, 0.3) is 0 Å². The zero-order valence-corrected chi connectivity index (χ0v) is 11.0. The number of nitrogen functional groups attached to an aromatic ring is 1. The van der Waals surface area contributed by atoms with Crippen LogP contribution in [0.5, 0.6) is 0 Å². The second kappa shape index (κ2) is 5.71. The molecule has 1 saturated heterocycles. The van der Waals surface area contributed by atoms with Gasteiger partial charge in [0.15, 0.2) is 9.84 Å². The number of sulfone groups is 1. The van der Waals surface area contributed by atoms with Crippen molar-refractivity contribution in [3.63, 3.8) is 0 Å². The fraction of sp³-hybridized carbons (Fsp3) is 0.455. The van der Waals surface area contributed by atoms with E-state index in [1.165, 1.54) is 0 Å². The van der Waals surface area contributed by atoms with E-state index in [0.29, 0.717) is 17.2 Å². The lowest BCUT2D eigenvalue weighted by atomic mass is 10.3. The van der Waals surface area contributed by atoms with Crippen molar-refractivity contribution in [3.05, 3.63) is 24.3 Å². The highest BCUT2D eigenvalue weighted by atomic mass is 35.5. The van der Waals surface area contributed by atoms with E-state index in [9.17, 15) is 8.42 Å². The lowest BCUT2D eigenvalue weighted by molar-refractivity contribution is 0.127. The van der Waals surface area contributed by atoms with Crippen LogP contribution in [0.4, 0.5) is 5.69 Å². The Balaban J connectivity index is 0.00000144. The van der Waals surface area contributed by atoms with Gasteiger partial charge in [-0.1, -0.05) is 0 Å². The van der Waals surface area contributed by atoms with Crippen LogP contribution in [-0.2, 0) is 14.6 Å². The van der Waals surface area contributed by atoms with Crippen LogP contribution < -0.4 is 5.73 Å². The van der Waals surface area contributed by atoms with Crippen molar-refractivity contribution < 1.29 is 13.2 Å². The third-order valence-electron chi connectivity index (χ3n) is 2.67. The van der Waals surface area contributed by atoms with Gasteiger partial charge < -0.3 is 10.5 Å². The van der Waals surface area contributed by atoms with Crippen LogP contribution in [0.2, 0.25) is 0 Å². The summed E-state index contributed by atoms with van der Waals surface area (Å²) < 4.78 is 29.3. The van der Waals surface area contributed by atoms with Gasteiger partial charge in [0.25, 0.3) is 0 Å². The maximum atomic E-state index is 12.0. The molecule has 0 aliphatic carbocycles. The van der Waals surface area contributed by atoms with Crippen LogP contribution in [0.15, 0.2) is 29.2 Å². The van der Waals surface area contributed by atoms with E-state index >= 15 is 0 Å². The van der Waals surface area contributed by atoms with Crippen molar-refractivity contribution in [2.45, 2.75) is 23.8 Å². The summed E-state index contributed by atoms with van der Waals surface area (Å²) in [6.07, 6.45) is 1.62. The lowest BCUT2D eigenvalue weighted by Gasteiger charge is -2.10. The lowest BCUT2D eigenvalue weighted by Crippen LogP contribution is -2.20. The molecule has 1 aliphatic heterocycles. The Morgan fingerprint density at radius 2 is 1.94 bits per heavy atom. The second-order valence-electron chi connectivity index (χ2n) is 3.99.